The number of isothiocyanates is 1. The molecule has 1 atom stereocenters. The molecule has 0 N–H and O–H groups in total. The Labute approximate surface area is 161 Å². The van der Waals surface area contributed by atoms with Gasteiger partial charge in [-0.3, -0.25) is 0 Å². The number of thiocarbonyl (C=S) groups is 1. The van der Waals surface area contributed by atoms with Crippen LogP contribution in [-0.2, 0) is 0 Å². The minimum atomic E-state index is -0.370. The van der Waals surface area contributed by atoms with Gasteiger partial charge in [0.25, 0.3) is 0 Å². The Morgan fingerprint density at radius 2 is 1.73 bits per heavy atom. The normalized spacial score (nSPS) is 21.0. The predicted molar refractivity (Wildman–Crippen MR) is 111 cm³/mol. The molecule has 0 radical (unpaired) electrons. The quantitative estimate of drug-likeness (QED) is 0.392. The van der Waals surface area contributed by atoms with E-state index in [-0.39, 0.29) is 11.5 Å². The Kier molecular flexibility index (Phi) is 6.34. The lowest BCUT2D eigenvalue weighted by atomic mass is 9.73. The number of hydrogen-bond acceptors (Lipinski definition) is 2. The van der Waals surface area contributed by atoms with E-state index in [0.717, 1.165) is 23.0 Å². The monoisotopic (exact) mass is 367 g/mol. The van der Waals surface area contributed by atoms with E-state index in [1.165, 1.54) is 43.7 Å². The zero-order chi connectivity index (χ0) is 18.5. The van der Waals surface area contributed by atoms with Crippen LogP contribution < -0.4 is 0 Å². The molecule has 0 aliphatic heterocycles. The van der Waals surface area contributed by atoms with Gasteiger partial charge in [-0.15, -0.1) is 0 Å². The van der Waals surface area contributed by atoms with Crippen molar-refractivity contribution in [1.82, 2.24) is 0 Å². The standard InChI is InChI=1S/C23H26FNS/c1-3-17-4-6-18(7-5-17)16(2)19-8-10-20(11-9-19)21-12-13-23(25-15-26)22(24)14-21/h8-14,16-18H,3-7H2,1-2H3/t16?,17-,18-. The first-order chi connectivity index (χ1) is 12.6. The molecule has 1 saturated carbocycles. The smallest absolute Gasteiger partial charge is 0.150 e. The Morgan fingerprint density at radius 1 is 1.08 bits per heavy atom. The van der Waals surface area contributed by atoms with Crippen LogP contribution in [0.5, 0.6) is 0 Å². The van der Waals surface area contributed by atoms with Gasteiger partial charge in [0.15, 0.2) is 0 Å². The van der Waals surface area contributed by atoms with Crippen LogP contribution in [0.2, 0.25) is 0 Å². The molecule has 1 nitrogen and oxygen atoms in total. The summed E-state index contributed by atoms with van der Waals surface area (Å²) in [5.41, 5.74) is 3.49. The van der Waals surface area contributed by atoms with E-state index in [4.69, 9.17) is 0 Å². The molecule has 26 heavy (non-hydrogen) atoms. The van der Waals surface area contributed by atoms with Crippen LogP contribution in [-0.4, -0.2) is 5.16 Å². The van der Waals surface area contributed by atoms with Gasteiger partial charge >= 0.3 is 0 Å². The lowest BCUT2D eigenvalue weighted by Crippen LogP contribution is -2.18. The van der Waals surface area contributed by atoms with Crippen molar-refractivity contribution in [3.8, 4) is 11.1 Å². The highest BCUT2D eigenvalue weighted by molar-refractivity contribution is 7.78. The number of rotatable bonds is 5. The van der Waals surface area contributed by atoms with Gasteiger partial charge in [0.1, 0.15) is 11.5 Å². The third kappa shape index (κ3) is 4.28. The van der Waals surface area contributed by atoms with Gasteiger partial charge < -0.3 is 0 Å². The predicted octanol–water partition coefficient (Wildman–Crippen LogP) is 7.55. The summed E-state index contributed by atoms with van der Waals surface area (Å²) in [5, 5.41) is 2.21. The minimum absolute atomic E-state index is 0.233. The summed E-state index contributed by atoms with van der Waals surface area (Å²) in [7, 11) is 0. The van der Waals surface area contributed by atoms with Crippen molar-refractivity contribution in [2.24, 2.45) is 16.8 Å². The van der Waals surface area contributed by atoms with Gasteiger partial charge in [0, 0.05) is 0 Å². The molecule has 3 rings (SSSR count). The van der Waals surface area contributed by atoms with Gasteiger partial charge in [-0.1, -0.05) is 63.4 Å². The lowest BCUT2D eigenvalue weighted by Gasteiger charge is -2.32. The second-order valence-corrected chi connectivity index (χ2v) is 7.65. The Morgan fingerprint density at radius 3 is 2.31 bits per heavy atom. The molecular weight excluding hydrogens is 341 g/mol. The highest BCUT2D eigenvalue weighted by Crippen LogP contribution is 2.39. The Bertz CT molecular complexity index is 784. The first-order valence-electron chi connectivity index (χ1n) is 9.60. The molecule has 0 spiro atoms. The number of benzene rings is 2. The summed E-state index contributed by atoms with van der Waals surface area (Å²) in [6.07, 6.45) is 6.75. The largest absolute Gasteiger partial charge is 0.205 e. The fourth-order valence-corrected chi connectivity index (χ4v) is 4.27. The fourth-order valence-electron chi connectivity index (χ4n) is 4.17. The van der Waals surface area contributed by atoms with Crippen molar-refractivity contribution in [3.63, 3.8) is 0 Å². The molecule has 0 aromatic heterocycles. The topological polar surface area (TPSA) is 12.4 Å². The van der Waals surface area contributed by atoms with Gasteiger partial charge in [-0.25, -0.2) is 4.39 Å². The fraction of sp³-hybridized carbons (Fsp3) is 0.435. The number of halogens is 1. The minimum Gasteiger partial charge on any atom is -0.205 e. The van der Waals surface area contributed by atoms with E-state index in [2.05, 4.69) is 60.5 Å². The zero-order valence-corrected chi connectivity index (χ0v) is 16.4. The molecule has 2 aromatic rings. The van der Waals surface area contributed by atoms with Crippen molar-refractivity contribution in [2.75, 3.05) is 0 Å². The average Bonchev–Trinajstić information content (AvgIpc) is 2.69. The van der Waals surface area contributed by atoms with Crippen LogP contribution in [0, 0.1) is 17.7 Å². The molecule has 3 heteroatoms. The highest BCUT2D eigenvalue weighted by atomic mass is 32.1. The van der Waals surface area contributed by atoms with Crippen molar-refractivity contribution in [3.05, 3.63) is 53.8 Å². The summed E-state index contributed by atoms with van der Waals surface area (Å²) < 4.78 is 14.1. The molecule has 0 amide bonds. The van der Waals surface area contributed by atoms with Gasteiger partial charge in [-0.2, -0.15) is 4.99 Å². The summed E-state index contributed by atoms with van der Waals surface area (Å²) in [6.45, 7) is 4.66. The lowest BCUT2D eigenvalue weighted by molar-refractivity contribution is 0.244. The molecule has 1 unspecified atom stereocenters. The van der Waals surface area contributed by atoms with Crippen LogP contribution in [0.15, 0.2) is 47.5 Å². The van der Waals surface area contributed by atoms with E-state index in [1.807, 2.05) is 6.07 Å². The Hall–Kier alpha value is -1.83. The molecule has 1 aliphatic carbocycles. The Balaban J connectivity index is 1.72. The maximum Gasteiger partial charge on any atom is 0.150 e. The molecule has 0 bridgehead atoms. The molecule has 0 heterocycles. The first-order valence-corrected chi connectivity index (χ1v) is 10.0. The van der Waals surface area contributed by atoms with E-state index in [1.54, 1.807) is 6.07 Å². The maximum atomic E-state index is 14.1. The zero-order valence-electron chi connectivity index (χ0n) is 15.5. The first kappa shape index (κ1) is 18.9. The van der Waals surface area contributed by atoms with Gasteiger partial charge in [-0.05, 0) is 71.6 Å². The molecule has 1 fully saturated rings. The molecule has 2 aromatic carbocycles. The number of nitrogens with zero attached hydrogens (tertiary/aromatic N) is 1. The van der Waals surface area contributed by atoms with E-state index < -0.39 is 0 Å². The van der Waals surface area contributed by atoms with Crippen LogP contribution in [0.1, 0.15) is 57.4 Å². The molecule has 1 aliphatic rings. The van der Waals surface area contributed by atoms with Crippen molar-refractivity contribution < 1.29 is 4.39 Å². The van der Waals surface area contributed by atoms with E-state index in [9.17, 15) is 4.39 Å². The number of hydrogen-bond donors (Lipinski definition) is 0. The highest BCUT2D eigenvalue weighted by Gasteiger charge is 2.25. The van der Waals surface area contributed by atoms with Gasteiger partial charge in [0.05, 0.1) is 5.16 Å². The van der Waals surface area contributed by atoms with Crippen LogP contribution in [0.3, 0.4) is 0 Å². The maximum absolute atomic E-state index is 14.1. The second-order valence-electron chi connectivity index (χ2n) is 7.47. The molecular formula is C23H26FNS. The summed E-state index contributed by atoms with van der Waals surface area (Å²) in [4.78, 5) is 3.73. The SMILES string of the molecule is CC[C@H]1CC[C@H](C(C)c2ccc(-c3ccc(N=C=S)c(F)c3)cc2)CC1. The third-order valence-corrected chi connectivity index (χ3v) is 6.15. The van der Waals surface area contributed by atoms with Crippen LogP contribution >= 0.6 is 12.2 Å². The number of aliphatic imine (C=N–C) groups is 1. The van der Waals surface area contributed by atoms with Crippen LogP contribution in [0.4, 0.5) is 10.1 Å². The van der Waals surface area contributed by atoms with Gasteiger partial charge in [0.2, 0.25) is 0 Å². The van der Waals surface area contributed by atoms with E-state index in [0.29, 0.717) is 5.92 Å². The second kappa shape index (κ2) is 8.70. The van der Waals surface area contributed by atoms with E-state index >= 15 is 0 Å². The van der Waals surface area contributed by atoms with Crippen molar-refractivity contribution in [1.29, 1.82) is 0 Å². The summed E-state index contributed by atoms with van der Waals surface area (Å²) >= 11 is 4.54. The average molecular weight is 368 g/mol. The van der Waals surface area contributed by atoms with Crippen LogP contribution in [0.25, 0.3) is 11.1 Å². The third-order valence-electron chi connectivity index (χ3n) is 6.06. The van der Waals surface area contributed by atoms with Crippen molar-refractivity contribution in [2.45, 2.75) is 51.9 Å². The molecule has 0 saturated heterocycles. The summed E-state index contributed by atoms with van der Waals surface area (Å²) in [6, 6.07) is 13.6. The van der Waals surface area contributed by atoms with Crippen molar-refractivity contribution >= 4 is 23.1 Å². The molecule has 136 valence electrons. The summed E-state index contributed by atoms with van der Waals surface area (Å²) in [5.74, 6) is 1.93.